The fourth-order valence-electron chi connectivity index (χ4n) is 2.47. The summed E-state index contributed by atoms with van der Waals surface area (Å²) in [6, 6.07) is 10.6. The van der Waals surface area contributed by atoms with E-state index in [2.05, 4.69) is 15.0 Å². The van der Waals surface area contributed by atoms with E-state index in [1.54, 1.807) is 13.0 Å². The number of thiazole rings is 1. The number of rotatable bonds is 6. The van der Waals surface area contributed by atoms with E-state index in [1.165, 1.54) is 24.3 Å². The Hall–Kier alpha value is -2.49. The van der Waals surface area contributed by atoms with Crippen LogP contribution in [-0.2, 0) is 21.4 Å². The minimum Gasteiger partial charge on any atom is -0.442 e. The van der Waals surface area contributed by atoms with Crippen LogP contribution in [0.1, 0.15) is 26.6 Å². The summed E-state index contributed by atoms with van der Waals surface area (Å²) in [7, 11) is -3.79. The van der Waals surface area contributed by atoms with Gasteiger partial charge in [-0.3, -0.25) is 4.79 Å². The number of amides is 1. The van der Waals surface area contributed by atoms with Crippen LogP contribution in [0.25, 0.3) is 10.6 Å². The van der Waals surface area contributed by atoms with Gasteiger partial charge in [0, 0.05) is 16.3 Å². The molecule has 27 heavy (non-hydrogen) atoms. The molecule has 0 aliphatic rings. The molecule has 3 aromatic rings. The van der Waals surface area contributed by atoms with E-state index in [9.17, 15) is 13.2 Å². The van der Waals surface area contributed by atoms with Crippen molar-refractivity contribution in [2.45, 2.75) is 32.4 Å². The van der Waals surface area contributed by atoms with Gasteiger partial charge < -0.3 is 9.73 Å². The van der Waals surface area contributed by atoms with E-state index >= 15 is 0 Å². The van der Waals surface area contributed by atoms with Crippen molar-refractivity contribution in [3.63, 3.8) is 0 Å². The third kappa shape index (κ3) is 4.44. The summed E-state index contributed by atoms with van der Waals surface area (Å²) in [5.74, 6) is 0.163. The molecule has 2 heterocycles. The normalized spacial score (nSPS) is 11.5. The fourth-order valence-corrected chi connectivity index (χ4v) is 4.38. The minimum absolute atomic E-state index is 0. The molecule has 0 radical (unpaired) electrons. The summed E-state index contributed by atoms with van der Waals surface area (Å²) in [4.78, 5) is 16.1. The highest BCUT2D eigenvalue weighted by Crippen LogP contribution is 2.34. The van der Waals surface area contributed by atoms with Gasteiger partial charge in [-0.15, -0.1) is 0 Å². The lowest BCUT2D eigenvalue weighted by Gasteiger charge is -2.07. The van der Waals surface area contributed by atoms with Gasteiger partial charge in [-0.25, -0.2) is 18.1 Å². The van der Waals surface area contributed by atoms with Crippen molar-refractivity contribution in [2.75, 3.05) is 5.32 Å². The van der Waals surface area contributed by atoms with Gasteiger partial charge in [-0.2, -0.15) is 0 Å². The van der Waals surface area contributed by atoms with Crippen molar-refractivity contribution >= 4 is 32.4 Å². The number of aryl methyl sites for hydroxylation is 2. The number of carbonyl (C=O) groups excluding carboxylic acids is 1. The van der Waals surface area contributed by atoms with Gasteiger partial charge in [-0.05, 0) is 37.1 Å². The first kappa shape index (κ1) is 19.3. The molecule has 0 aliphatic heterocycles. The highest BCUT2D eigenvalue weighted by atomic mass is 32.2. The van der Waals surface area contributed by atoms with Gasteiger partial charge in [0.25, 0.3) is 10.0 Å². The molecule has 0 aliphatic carbocycles. The molecule has 0 unspecified atom stereocenters. The van der Waals surface area contributed by atoms with Gasteiger partial charge >= 0.3 is 0 Å². The molecule has 0 saturated heterocycles. The SMILES string of the molecule is CC(=O)Nc1nc(C)c(-c2ccc(S(=O)(=O)NCc3ccccc3C)o2)s1.[HH].[HH]. The molecular formula is C18H23N3O4S2. The summed E-state index contributed by atoms with van der Waals surface area (Å²) in [5.41, 5.74) is 2.55. The van der Waals surface area contributed by atoms with Crippen LogP contribution in [0.3, 0.4) is 0 Å². The molecular weight excluding hydrogens is 386 g/mol. The van der Waals surface area contributed by atoms with Crippen LogP contribution in [0.15, 0.2) is 45.9 Å². The summed E-state index contributed by atoms with van der Waals surface area (Å²) < 4.78 is 33.2. The van der Waals surface area contributed by atoms with E-state index in [1.807, 2.05) is 31.2 Å². The number of furan rings is 1. The van der Waals surface area contributed by atoms with Crippen LogP contribution in [0.5, 0.6) is 0 Å². The summed E-state index contributed by atoms with van der Waals surface area (Å²) in [6.45, 7) is 5.27. The maximum absolute atomic E-state index is 12.5. The van der Waals surface area contributed by atoms with Crippen molar-refractivity contribution in [1.29, 1.82) is 0 Å². The number of nitrogens with zero attached hydrogens (tertiary/aromatic N) is 1. The average Bonchev–Trinajstić information content (AvgIpc) is 3.21. The second kappa shape index (κ2) is 7.63. The molecule has 0 bridgehead atoms. The molecule has 9 heteroatoms. The number of hydrogen-bond acceptors (Lipinski definition) is 6. The van der Waals surface area contributed by atoms with Crippen molar-refractivity contribution in [3.05, 3.63) is 53.2 Å². The maximum Gasteiger partial charge on any atom is 0.274 e. The topological polar surface area (TPSA) is 101 Å². The third-order valence-corrected chi connectivity index (χ3v) is 6.22. The van der Waals surface area contributed by atoms with Crippen molar-refractivity contribution in [2.24, 2.45) is 0 Å². The number of aromatic nitrogens is 1. The Morgan fingerprint density at radius 3 is 2.67 bits per heavy atom. The van der Waals surface area contributed by atoms with Crippen LogP contribution in [0.4, 0.5) is 5.13 Å². The van der Waals surface area contributed by atoms with Crippen LogP contribution in [-0.4, -0.2) is 19.3 Å². The summed E-state index contributed by atoms with van der Waals surface area (Å²) in [6.07, 6.45) is 0. The van der Waals surface area contributed by atoms with E-state index in [0.717, 1.165) is 11.1 Å². The molecule has 2 N–H and O–H groups in total. The standard InChI is InChI=1S/C18H19N3O4S2.2H2/c1-11-6-4-5-7-14(11)10-19-27(23,24)16-9-8-15(25-16)17-12(2)20-18(26-17)21-13(3)22;;/h4-9,19H,10H2,1-3H3,(H,20,21,22);2*1H. The van der Waals surface area contributed by atoms with Crippen molar-refractivity contribution < 1.29 is 20.5 Å². The molecule has 0 fully saturated rings. The van der Waals surface area contributed by atoms with Gasteiger partial charge in [0.1, 0.15) is 5.76 Å². The Balaban J connectivity index is 0.00000210. The van der Waals surface area contributed by atoms with E-state index < -0.39 is 10.0 Å². The molecule has 0 saturated carbocycles. The van der Waals surface area contributed by atoms with Gasteiger partial charge in [0.05, 0.1) is 10.6 Å². The first-order valence-corrected chi connectivity index (χ1v) is 10.5. The summed E-state index contributed by atoms with van der Waals surface area (Å²) >= 11 is 1.23. The number of anilines is 1. The molecule has 0 atom stereocenters. The molecule has 0 spiro atoms. The molecule has 3 rings (SSSR count). The van der Waals surface area contributed by atoms with Crippen LogP contribution < -0.4 is 10.0 Å². The zero-order valence-corrected chi connectivity index (χ0v) is 16.7. The van der Waals surface area contributed by atoms with E-state index in [0.29, 0.717) is 21.5 Å². The number of hydrogen-bond donors (Lipinski definition) is 2. The second-order valence-corrected chi connectivity index (χ2v) is 8.68. The predicted octanol–water partition coefficient (Wildman–Crippen LogP) is 3.95. The Bertz CT molecular complexity index is 1090. The molecule has 1 amide bonds. The Labute approximate surface area is 164 Å². The predicted molar refractivity (Wildman–Crippen MR) is 108 cm³/mol. The quantitative estimate of drug-likeness (QED) is 0.642. The van der Waals surface area contributed by atoms with Gasteiger partial charge in [-0.1, -0.05) is 35.6 Å². The van der Waals surface area contributed by atoms with Crippen LogP contribution in [0.2, 0.25) is 0 Å². The van der Waals surface area contributed by atoms with Gasteiger partial charge in [0.2, 0.25) is 11.0 Å². The minimum atomic E-state index is -3.79. The Morgan fingerprint density at radius 1 is 1.22 bits per heavy atom. The maximum atomic E-state index is 12.5. The lowest BCUT2D eigenvalue weighted by molar-refractivity contribution is -0.114. The first-order chi connectivity index (χ1) is 12.8. The second-order valence-electron chi connectivity index (χ2n) is 5.98. The van der Waals surface area contributed by atoms with Crippen molar-refractivity contribution in [3.8, 4) is 10.6 Å². The van der Waals surface area contributed by atoms with E-state index in [-0.39, 0.29) is 20.4 Å². The van der Waals surface area contributed by atoms with Gasteiger partial charge in [0.15, 0.2) is 5.13 Å². The van der Waals surface area contributed by atoms with Crippen molar-refractivity contribution in [1.82, 2.24) is 9.71 Å². The summed E-state index contributed by atoms with van der Waals surface area (Å²) in [5, 5.41) is 2.88. The highest BCUT2D eigenvalue weighted by Gasteiger charge is 2.21. The Morgan fingerprint density at radius 2 is 1.96 bits per heavy atom. The number of nitrogens with one attached hydrogen (secondary N) is 2. The van der Waals surface area contributed by atoms with Crippen LogP contribution >= 0.6 is 11.3 Å². The monoisotopic (exact) mass is 409 g/mol. The number of sulfonamides is 1. The number of carbonyl (C=O) groups is 1. The number of benzene rings is 1. The van der Waals surface area contributed by atoms with Crippen LogP contribution in [0, 0.1) is 13.8 Å². The molecule has 2 aromatic heterocycles. The molecule has 7 nitrogen and oxygen atoms in total. The third-order valence-electron chi connectivity index (χ3n) is 3.86. The average molecular weight is 410 g/mol. The zero-order valence-electron chi connectivity index (χ0n) is 15.1. The lowest BCUT2D eigenvalue weighted by Crippen LogP contribution is -2.23. The largest absolute Gasteiger partial charge is 0.442 e. The first-order valence-electron chi connectivity index (χ1n) is 8.15. The Kier molecular flexibility index (Phi) is 5.45. The van der Waals surface area contributed by atoms with E-state index in [4.69, 9.17) is 4.42 Å². The smallest absolute Gasteiger partial charge is 0.274 e. The molecule has 146 valence electrons. The highest BCUT2D eigenvalue weighted by molar-refractivity contribution is 7.89. The molecule has 1 aromatic carbocycles. The fraction of sp³-hybridized carbons (Fsp3) is 0.222. The zero-order chi connectivity index (χ0) is 19.6. The lowest BCUT2D eigenvalue weighted by atomic mass is 10.1.